The zero-order valence-electron chi connectivity index (χ0n) is 36.0. The van der Waals surface area contributed by atoms with Gasteiger partial charge in [0.2, 0.25) is 0 Å². The number of benzene rings is 5. The van der Waals surface area contributed by atoms with E-state index in [9.17, 15) is 5.11 Å². The summed E-state index contributed by atoms with van der Waals surface area (Å²) in [6, 6.07) is 34.3. The summed E-state index contributed by atoms with van der Waals surface area (Å²) in [4.78, 5) is 10.8. The Labute approximate surface area is 340 Å². The molecule has 7 aromatic rings. The molecule has 7 rings (SSSR count). The van der Waals surface area contributed by atoms with Gasteiger partial charge in [-0.1, -0.05) is 150 Å². The van der Waals surface area contributed by atoms with Crippen molar-refractivity contribution in [3.05, 3.63) is 137 Å². The Morgan fingerprint density at radius 1 is 0.474 bits per heavy atom. The predicted octanol–water partition coefficient (Wildman–Crippen LogP) is 14.7. The highest BCUT2D eigenvalue weighted by Crippen LogP contribution is 2.42. The van der Waals surface area contributed by atoms with Gasteiger partial charge in [-0.05, 0) is 99.2 Å². The van der Waals surface area contributed by atoms with Crippen molar-refractivity contribution in [2.45, 2.75) is 119 Å². The van der Waals surface area contributed by atoms with E-state index in [0.717, 1.165) is 45.2 Å². The molecular weight excluding hydrogens is 697 g/mol. The molecule has 5 heteroatoms. The first-order chi connectivity index (χ1) is 27.2. The van der Waals surface area contributed by atoms with E-state index in [1.807, 2.05) is 18.2 Å². The highest BCUT2D eigenvalue weighted by molar-refractivity contribution is 5.85. The van der Waals surface area contributed by atoms with Gasteiger partial charge < -0.3 is 5.11 Å². The molecule has 0 aliphatic carbocycles. The lowest BCUT2D eigenvalue weighted by Crippen LogP contribution is -2.10. The third-order valence-corrected chi connectivity index (χ3v) is 11.5. The number of rotatable bonds is 11. The van der Waals surface area contributed by atoms with Crippen LogP contribution in [0.25, 0.3) is 56.4 Å². The van der Waals surface area contributed by atoms with Crippen LogP contribution in [0.2, 0.25) is 0 Å². The van der Waals surface area contributed by atoms with Crippen LogP contribution in [-0.2, 0) is 0 Å². The van der Waals surface area contributed by atoms with E-state index >= 15 is 0 Å². The molecule has 0 radical (unpaired) electrons. The van der Waals surface area contributed by atoms with Gasteiger partial charge in [-0.15, -0.1) is 0 Å². The maximum Gasteiger partial charge on any atom is 0.148 e. The minimum atomic E-state index is 0.208. The number of hydrogen-bond acceptors (Lipinski definition) is 3. The lowest BCUT2D eigenvalue weighted by molar-refractivity contribution is 0.477. The van der Waals surface area contributed by atoms with Crippen molar-refractivity contribution >= 4 is 11.0 Å². The molecule has 0 fully saturated rings. The van der Waals surface area contributed by atoms with Crippen LogP contribution < -0.4 is 0 Å². The largest absolute Gasteiger partial charge is 0.507 e. The molecule has 0 atom stereocenters. The maximum absolute atomic E-state index is 11.3. The van der Waals surface area contributed by atoms with Gasteiger partial charge in [-0.3, -0.25) is 9.13 Å². The molecule has 2 aromatic heterocycles. The molecule has 1 N–H and O–H groups in total. The second-order valence-corrected chi connectivity index (χ2v) is 17.7. The molecule has 0 bridgehead atoms. The fourth-order valence-electron chi connectivity index (χ4n) is 8.18. The van der Waals surface area contributed by atoms with Crippen molar-refractivity contribution in [3.8, 4) is 51.2 Å². The van der Waals surface area contributed by atoms with Crippen LogP contribution in [0.15, 0.2) is 103 Å². The Bertz CT molecular complexity index is 2500. The van der Waals surface area contributed by atoms with Crippen molar-refractivity contribution in [2.75, 3.05) is 0 Å². The summed E-state index contributed by atoms with van der Waals surface area (Å²) < 4.78 is 4.65. The van der Waals surface area contributed by atoms with Crippen LogP contribution in [-0.4, -0.2) is 24.2 Å². The lowest BCUT2D eigenvalue weighted by Gasteiger charge is -2.25. The number of imidazole rings is 2. The monoisotopic (exact) mass is 756 g/mol. The molecular formula is C52H60N4O. The fraction of sp³-hybridized carbons (Fsp3) is 0.346. The number of hydrogen-bond donors (Lipinski definition) is 1. The number of aromatic nitrogens is 4. The van der Waals surface area contributed by atoms with Gasteiger partial charge in [0.25, 0.3) is 0 Å². The summed E-state index contributed by atoms with van der Waals surface area (Å²) in [5.41, 5.74) is 15.9. The van der Waals surface area contributed by atoms with Crippen LogP contribution in [0.4, 0.5) is 0 Å². The molecule has 294 valence electrons. The second-order valence-electron chi connectivity index (χ2n) is 17.7. The average Bonchev–Trinajstić information content (AvgIpc) is 3.79. The van der Waals surface area contributed by atoms with Gasteiger partial charge >= 0.3 is 0 Å². The summed E-state index contributed by atoms with van der Waals surface area (Å²) in [6.45, 7) is 27.4. The third-order valence-electron chi connectivity index (χ3n) is 11.5. The van der Waals surface area contributed by atoms with Crippen molar-refractivity contribution < 1.29 is 5.11 Å². The van der Waals surface area contributed by atoms with E-state index in [-0.39, 0.29) is 17.6 Å². The zero-order chi connectivity index (χ0) is 40.9. The number of fused-ring (bicyclic) bond motifs is 1. The van der Waals surface area contributed by atoms with Gasteiger partial charge in [0.1, 0.15) is 17.4 Å². The van der Waals surface area contributed by atoms with Crippen molar-refractivity contribution in [1.82, 2.24) is 19.1 Å². The molecule has 0 amide bonds. The van der Waals surface area contributed by atoms with E-state index < -0.39 is 0 Å². The number of nitrogens with zero attached hydrogens (tertiary/aromatic N) is 4. The SMILES string of the molecule is CC(C)c1cc(C(C)C)c(-n2cc(-c3cccc(-c4nc5ccccc5n4-c4c(C(C)C)cc(C(C)C)cc4C(C)C)c3)nc2-c2ccccc2O)c(C(C)C)c1. The molecule has 0 unspecified atom stereocenters. The molecule has 5 aromatic carbocycles. The molecule has 0 spiro atoms. The Balaban J connectivity index is 1.49. The van der Waals surface area contributed by atoms with Crippen LogP contribution in [0.3, 0.4) is 0 Å². The van der Waals surface area contributed by atoms with Gasteiger partial charge in [-0.2, -0.15) is 0 Å². The summed E-state index contributed by atoms with van der Waals surface area (Å²) >= 11 is 0. The van der Waals surface area contributed by atoms with E-state index in [1.165, 1.54) is 39.1 Å². The minimum Gasteiger partial charge on any atom is -0.507 e. The Morgan fingerprint density at radius 2 is 0.982 bits per heavy atom. The van der Waals surface area contributed by atoms with E-state index in [1.54, 1.807) is 6.07 Å². The standard InChI is InChI=1S/C52H60N4O/c1-30(2)38-25-41(32(5)6)49(42(26-38)33(7)8)55-29-46(54-52(55)40-20-13-16-23-48(40)57)36-18-17-19-37(24-36)51-53-45-21-14-15-22-47(45)56(51)50-43(34(9)10)27-39(31(3)4)28-44(50)35(11)12/h13-35,57H,1-12H3. The van der Waals surface area contributed by atoms with Gasteiger partial charge in [-0.25, -0.2) is 9.97 Å². The van der Waals surface area contributed by atoms with E-state index in [0.29, 0.717) is 29.2 Å². The van der Waals surface area contributed by atoms with Gasteiger partial charge in [0.05, 0.1) is 33.7 Å². The highest BCUT2D eigenvalue weighted by Gasteiger charge is 2.26. The topological polar surface area (TPSA) is 55.9 Å². The highest BCUT2D eigenvalue weighted by atomic mass is 16.3. The Hall–Kier alpha value is -5.42. The Morgan fingerprint density at radius 3 is 1.53 bits per heavy atom. The lowest BCUT2D eigenvalue weighted by atomic mass is 9.87. The summed E-state index contributed by atoms with van der Waals surface area (Å²) in [6.07, 6.45) is 2.17. The summed E-state index contributed by atoms with van der Waals surface area (Å²) in [5, 5.41) is 11.3. The number of aromatic hydroxyl groups is 1. The van der Waals surface area contributed by atoms with E-state index in [4.69, 9.17) is 9.97 Å². The fourth-order valence-corrected chi connectivity index (χ4v) is 8.18. The summed E-state index contributed by atoms with van der Waals surface area (Å²) in [5.74, 6) is 3.84. The predicted molar refractivity (Wildman–Crippen MR) is 241 cm³/mol. The quantitative estimate of drug-likeness (QED) is 0.143. The molecule has 0 saturated carbocycles. The smallest absolute Gasteiger partial charge is 0.148 e. The first-order valence-corrected chi connectivity index (χ1v) is 21.0. The normalized spacial score (nSPS) is 12.2. The first-order valence-electron chi connectivity index (χ1n) is 21.0. The molecule has 0 saturated heterocycles. The van der Waals surface area contributed by atoms with Gasteiger partial charge in [0, 0.05) is 17.3 Å². The van der Waals surface area contributed by atoms with E-state index in [2.05, 4.69) is 171 Å². The number of phenolic OH excluding ortho intramolecular Hbond substituents is 1. The molecule has 0 aliphatic heterocycles. The van der Waals surface area contributed by atoms with Crippen LogP contribution in [0.5, 0.6) is 5.75 Å². The average molecular weight is 757 g/mol. The van der Waals surface area contributed by atoms with Crippen LogP contribution >= 0.6 is 0 Å². The number of para-hydroxylation sites is 3. The van der Waals surface area contributed by atoms with Crippen molar-refractivity contribution in [2.24, 2.45) is 0 Å². The first kappa shape index (κ1) is 39.8. The van der Waals surface area contributed by atoms with Crippen LogP contribution in [0, 0.1) is 0 Å². The molecule has 0 aliphatic rings. The van der Waals surface area contributed by atoms with Crippen molar-refractivity contribution in [1.29, 1.82) is 0 Å². The second kappa shape index (κ2) is 15.8. The minimum absolute atomic E-state index is 0.208. The molecule has 57 heavy (non-hydrogen) atoms. The van der Waals surface area contributed by atoms with Crippen molar-refractivity contribution in [3.63, 3.8) is 0 Å². The third kappa shape index (κ3) is 7.45. The number of phenols is 1. The van der Waals surface area contributed by atoms with Crippen LogP contribution in [0.1, 0.15) is 152 Å². The van der Waals surface area contributed by atoms with Gasteiger partial charge in [0.15, 0.2) is 0 Å². The molecule has 5 nitrogen and oxygen atoms in total. The Kier molecular flexibility index (Phi) is 11.1. The summed E-state index contributed by atoms with van der Waals surface area (Å²) in [7, 11) is 0. The molecule has 2 heterocycles. The zero-order valence-corrected chi connectivity index (χ0v) is 36.0. The maximum atomic E-state index is 11.3.